The Labute approximate surface area is 64.2 Å². The first kappa shape index (κ1) is 8.36. The Balaban J connectivity index is 2.29. The van der Waals surface area contributed by atoms with Gasteiger partial charge in [0.25, 0.3) is 0 Å². The van der Waals surface area contributed by atoms with E-state index in [0.717, 1.165) is 0 Å². The largest absolute Gasteiger partial charge is 0.386 e. The molecule has 1 heterocycles. The number of hydrogen-bond acceptors (Lipinski definition) is 4. The van der Waals surface area contributed by atoms with Crippen molar-refractivity contribution in [2.75, 3.05) is 6.61 Å². The molecule has 0 saturated carbocycles. The normalized spacial score (nSPS) is 24.4. The summed E-state index contributed by atoms with van der Waals surface area (Å²) in [6.07, 6.45) is -1.63. The van der Waals surface area contributed by atoms with Crippen molar-refractivity contribution in [3.63, 3.8) is 0 Å². The molecule has 0 aromatic carbocycles. The molecule has 0 spiro atoms. The molecular weight excluding hydrogens is 148 g/mol. The van der Waals surface area contributed by atoms with Crippen LogP contribution in [0.2, 0.25) is 0 Å². The van der Waals surface area contributed by atoms with Gasteiger partial charge >= 0.3 is 0 Å². The van der Waals surface area contributed by atoms with Crippen molar-refractivity contribution in [2.24, 2.45) is 0 Å². The molecule has 0 aromatic rings. The van der Waals surface area contributed by atoms with Crippen LogP contribution in [0.1, 0.15) is 13.3 Å². The Morgan fingerprint density at radius 1 is 1.73 bits per heavy atom. The third-order valence-electron chi connectivity index (χ3n) is 1.51. The van der Waals surface area contributed by atoms with Crippen molar-refractivity contribution in [3.05, 3.63) is 0 Å². The molecule has 1 aliphatic rings. The number of carbonyl (C=O) groups is 2. The lowest BCUT2D eigenvalue weighted by atomic mass is 10.1. The van der Waals surface area contributed by atoms with Gasteiger partial charge in [-0.2, -0.15) is 0 Å². The van der Waals surface area contributed by atoms with E-state index in [-0.39, 0.29) is 18.3 Å². The van der Waals surface area contributed by atoms with E-state index in [0.29, 0.717) is 6.61 Å². The number of rotatable bonds is 4. The average molecular weight is 158 g/mol. The molecule has 1 aliphatic heterocycles. The lowest BCUT2D eigenvalue weighted by Gasteiger charge is -1.99. The Hall–Kier alpha value is -0.740. The van der Waals surface area contributed by atoms with E-state index >= 15 is 0 Å². The molecule has 0 aliphatic carbocycles. The van der Waals surface area contributed by atoms with Gasteiger partial charge in [-0.25, -0.2) is 0 Å². The summed E-state index contributed by atoms with van der Waals surface area (Å²) < 4.78 is 4.67. The van der Waals surface area contributed by atoms with Gasteiger partial charge < -0.3 is 9.84 Å². The first-order chi connectivity index (χ1) is 5.11. The Morgan fingerprint density at radius 3 is 2.64 bits per heavy atom. The van der Waals surface area contributed by atoms with Crippen LogP contribution >= 0.6 is 0 Å². The molecule has 4 heteroatoms. The summed E-state index contributed by atoms with van der Waals surface area (Å²) in [6.45, 7) is 1.77. The molecule has 62 valence electrons. The van der Waals surface area contributed by atoms with Crippen LogP contribution in [-0.2, 0) is 14.3 Å². The number of aliphatic hydroxyl groups is 1. The Morgan fingerprint density at radius 2 is 2.27 bits per heavy atom. The van der Waals surface area contributed by atoms with Crippen molar-refractivity contribution in [2.45, 2.75) is 25.6 Å². The lowest BCUT2D eigenvalue weighted by molar-refractivity contribution is -0.132. The van der Waals surface area contributed by atoms with Gasteiger partial charge in [-0.05, 0) is 6.92 Å². The van der Waals surface area contributed by atoms with Gasteiger partial charge in [-0.15, -0.1) is 0 Å². The third-order valence-corrected chi connectivity index (χ3v) is 1.51. The molecule has 4 nitrogen and oxygen atoms in total. The van der Waals surface area contributed by atoms with E-state index in [2.05, 4.69) is 4.74 Å². The van der Waals surface area contributed by atoms with Crippen molar-refractivity contribution >= 4 is 11.6 Å². The molecule has 2 atom stereocenters. The minimum absolute atomic E-state index is 0.206. The highest BCUT2D eigenvalue weighted by molar-refractivity contribution is 6.03. The van der Waals surface area contributed by atoms with Crippen molar-refractivity contribution in [3.8, 4) is 0 Å². The summed E-state index contributed by atoms with van der Waals surface area (Å²) in [5.74, 6) is -0.665. The van der Waals surface area contributed by atoms with E-state index in [4.69, 9.17) is 5.11 Å². The molecule has 1 rings (SSSR count). The summed E-state index contributed by atoms with van der Waals surface area (Å²) in [5, 5.41) is 8.73. The van der Waals surface area contributed by atoms with E-state index in [1.165, 1.54) is 6.92 Å². The smallest absolute Gasteiger partial charge is 0.171 e. The predicted molar refractivity (Wildman–Crippen MR) is 36.1 cm³/mol. The van der Waals surface area contributed by atoms with Gasteiger partial charge in [-0.3, -0.25) is 9.59 Å². The quantitative estimate of drug-likeness (QED) is 0.433. The van der Waals surface area contributed by atoms with Gasteiger partial charge in [-0.1, -0.05) is 0 Å². The monoisotopic (exact) mass is 158 g/mol. The fourth-order valence-corrected chi connectivity index (χ4v) is 0.667. The van der Waals surface area contributed by atoms with Crippen LogP contribution in [0.25, 0.3) is 0 Å². The highest BCUT2D eigenvalue weighted by atomic mass is 16.6. The van der Waals surface area contributed by atoms with Crippen LogP contribution in [0.15, 0.2) is 0 Å². The van der Waals surface area contributed by atoms with Gasteiger partial charge in [0.1, 0.15) is 12.2 Å². The molecule has 2 unspecified atom stereocenters. The maximum atomic E-state index is 10.9. The Bertz CT molecular complexity index is 169. The third kappa shape index (κ3) is 2.40. The zero-order chi connectivity index (χ0) is 8.43. The SMILES string of the molecule is CC(O)C(=O)CC(=O)C1CO1. The van der Waals surface area contributed by atoms with Gasteiger partial charge in [0.05, 0.1) is 13.0 Å². The van der Waals surface area contributed by atoms with E-state index in [9.17, 15) is 9.59 Å². The first-order valence-corrected chi connectivity index (χ1v) is 3.46. The minimum Gasteiger partial charge on any atom is -0.386 e. The standard InChI is InChI=1S/C7H10O4/c1-4(8)5(9)2-6(10)7-3-11-7/h4,7-8H,2-3H2,1H3. The number of ketones is 2. The molecule has 11 heavy (non-hydrogen) atoms. The summed E-state index contributed by atoms with van der Waals surface area (Å²) in [7, 11) is 0. The van der Waals surface area contributed by atoms with E-state index in [1.54, 1.807) is 0 Å². The molecule has 0 bridgehead atoms. The zero-order valence-electron chi connectivity index (χ0n) is 6.24. The number of Topliss-reactive ketones (excluding diaryl/α,β-unsaturated/α-hetero) is 2. The molecule has 0 radical (unpaired) electrons. The molecule has 0 amide bonds. The first-order valence-electron chi connectivity index (χ1n) is 3.46. The fraction of sp³-hybridized carbons (Fsp3) is 0.714. The van der Waals surface area contributed by atoms with Crippen LogP contribution < -0.4 is 0 Å². The predicted octanol–water partition coefficient (Wildman–Crippen LogP) is -0.706. The summed E-state index contributed by atoms with van der Waals surface area (Å²) in [5.41, 5.74) is 0. The zero-order valence-corrected chi connectivity index (χ0v) is 6.24. The maximum absolute atomic E-state index is 10.9. The topological polar surface area (TPSA) is 66.9 Å². The van der Waals surface area contributed by atoms with Crippen LogP contribution in [0, 0.1) is 0 Å². The minimum atomic E-state index is -1.04. The van der Waals surface area contributed by atoms with Crippen LogP contribution in [0.5, 0.6) is 0 Å². The number of ether oxygens (including phenoxy) is 1. The summed E-state index contributed by atoms with van der Waals surface area (Å²) in [6, 6.07) is 0. The Kier molecular flexibility index (Phi) is 2.36. The van der Waals surface area contributed by atoms with Gasteiger partial charge in [0, 0.05) is 0 Å². The fourth-order valence-electron chi connectivity index (χ4n) is 0.667. The highest BCUT2D eigenvalue weighted by Gasteiger charge is 2.32. The maximum Gasteiger partial charge on any atom is 0.171 e. The average Bonchev–Trinajstić information content (AvgIpc) is 2.67. The van der Waals surface area contributed by atoms with Gasteiger partial charge in [0.2, 0.25) is 0 Å². The lowest BCUT2D eigenvalue weighted by Crippen LogP contribution is -2.21. The number of epoxide rings is 1. The second-order valence-corrected chi connectivity index (χ2v) is 2.61. The summed E-state index contributed by atoms with van der Waals surface area (Å²) >= 11 is 0. The molecule has 0 aromatic heterocycles. The highest BCUT2D eigenvalue weighted by Crippen LogP contribution is 2.12. The molecule has 1 saturated heterocycles. The summed E-state index contributed by atoms with van der Waals surface area (Å²) in [4.78, 5) is 21.6. The van der Waals surface area contributed by atoms with Crippen LogP contribution in [0.3, 0.4) is 0 Å². The second kappa shape index (κ2) is 3.11. The van der Waals surface area contributed by atoms with E-state index < -0.39 is 11.9 Å². The van der Waals surface area contributed by atoms with E-state index in [1.807, 2.05) is 0 Å². The van der Waals surface area contributed by atoms with Crippen LogP contribution in [-0.4, -0.2) is 35.5 Å². The number of aliphatic hydroxyl groups excluding tert-OH is 1. The molecule has 1 N–H and O–H groups in total. The molecular formula is C7H10O4. The number of hydrogen-bond donors (Lipinski definition) is 1. The van der Waals surface area contributed by atoms with Crippen molar-refractivity contribution in [1.82, 2.24) is 0 Å². The second-order valence-electron chi connectivity index (χ2n) is 2.61. The van der Waals surface area contributed by atoms with Crippen LogP contribution in [0.4, 0.5) is 0 Å². The van der Waals surface area contributed by atoms with Crippen molar-refractivity contribution < 1.29 is 19.4 Å². The van der Waals surface area contributed by atoms with Gasteiger partial charge in [0.15, 0.2) is 11.6 Å². The number of carbonyl (C=O) groups excluding carboxylic acids is 2. The molecule has 1 fully saturated rings. The van der Waals surface area contributed by atoms with Crippen molar-refractivity contribution in [1.29, 1.82) is 0 Å².